The molecule has 0 aliphatic heterocycles. The second-order valence-corrected chi connectivity index (χ2v) is 5.02. The highest BCUT2D eigenvalue weighted by molar-refractivity contribution is 6.00. The van der Waals surface area contributed by atoms with Crippen molar-refractivity contribution in [1.82, 2.24) is 0 Å². The fraction of sp³-hybridized carbons (Fsp3) is 0.357. The van der Waals surface area contributed by atoms with Crippen molar-refractivity contribution in [3.8, 4) is 5.75 Å². The van der Waals surface area contributed by atoms with Crippen LogP contribution in [-0.2, 0) is 14.3 Å². The van der Waals surface area contributed by atoms with Crippen LogP contribution in [-0.4, -0.2) is 17.9 Å². The second-order valence-electron chi connectivity index (χ2n) is 5.02. The lowest BCUT2D eigenvalue weighted by molar-refractivity contribution is -0.146. The van der Waals surface area contributed by atoms with E-state index in [1.165, 1.54) is 19.1 Å². The lowest BCUT2D eigenvalue weighted by Gasteiger charge is -2.15. The van der Waals surface area contributed by atoms with Crippen LogP contribution in [0.15, 0.2) is 24.3 Å². The molecule has 0 bridgehead atoms. The fourth-order valence-electron chi connectivity index (χ4n) is 1.17. The van der Waals surface area contributed by atoms with Crippen molar-refractivity contribution in [2.75, 3.05) is 0 Å². The van der Waals surface area contributed by atoms with Gasteiger partial charge in [0.05, 0.1) is 5.41 Å². The van der Waals surface area contributed by atoms with Gasteiger partial charge in [-0.2, -0.15) is 0 Å². The van der Waals surface area contributed by atoms with Crippen molar-refractivity contribution >= 4 is 17.9 Å². The van der Waals surface area contributed by atoms with Gasteiger partial charge in [0.1, 0.15) is 11.3 Å². The minimum atomic E-state index is -0.836. The Balaban J connectivity index is 2.94. The van der Waals surface area contributed by atoms with Crippen LogP contribution in [0.3, 0.4) is 0 Å². The highest BCUT2D eigenvalue weighted by Crippen LogP contribution is 2.21. The average molecular weight is 264 g/mol. The number of carbonyl (C=O) groups excluding carboxylic acids is 3. The second kappa shape index (κ2) is 5.65. The molecule has 0 unspecified atom stereocenters. The largest absolute Gasteiger partial charge is 0.426 e. The Labute approximate surface area is 111 Å². The molecule has 0 amide bonds. The first-order chi connectivity index (χ1) is 8.71. The van der Waals surface area contributed by atoms with Gasteiger partial charge in [0.25, 0.3) is 0 Å². The smallest absolute Gasteiger partial charge is 0.349 e. The van der Waals surface area contributed by atoms with Gasteiger partial charge >= 0.3 is 17.9 Å². The standard InChI is InChI=1S/C14H16O5/c1-9(15)18-11-8-6-5-7-10(11)12(16)19-13(17)14(2,3)4/h5-8H,1-4H3. The van der Waals surface area contributed by atoms with E-state index in [0.717, 1.165) is 0 Å². The molecule has 0 heterocycles. The fourth-order valence-corrected chi connectivity index (χ4v) is 1.17. The molecule has 19 heavy (non-hydrogen) atoms. The molecule has 0 spiro atoms. The van der Waals surface area contributed by atoms with Gasteiger partial charge in [0.2, 0.25) is 0 Å². The van der Waals surface area contributed by atoms with E-state index in [1.54, 1.807) is 32.9 Å². The lowest BCUT2D eigenvalue weighted by Crippen LogP contribution is -2.26. The third-order valence-corrected chi connectivity index (χ3v) is 2.16. The molecule has 0 aromatic heterocycles. The minimum absolute atomic E-state index is 0.0373. The first kappa shape index (κ1) is 14.9. The summed E-state index contributed by atoms with van der Waals surface area (Å²) >= 11 is 0. The minimum Gasteiger partial charge on any atom is -0.426 e. The third kappa shape index (κ3) is 4.21. The van der Waals surface area contributed by atoms with Gasteiger partial charge in [-0.3, -0.25) is 9.59 Å². The number of ether oxygens (including phenoxy) is 2. The molecule has 0 fully saturated rings. The van der Waals surface area contributed by atoms with Gasteiger partial charge in [-0.05, 0) is 32.9 Å². The number of esters is 3. The van der Waals surface area contributed by atoms with E-state index in [-0.39, 0.29) is 11.3 Å². The first-order valence-corrected chi connectivity index (χ1v) is 5.76. The lowest BCUT2D eigenvalue weighted by atomic mass is 9.97. The van der Waals surface area contributed by atoms with Crippen LogP contribution in [0.4, 0.5) is 0 Å². The number of hydrogen-bond donors (Lipinski definition) is 0. The molecule has 0 aliphatic carbocycles. The predicted molar refractivity (Wildman–Crippen MR) is 67.6 cm³/mol. The van der Waals surface area contributed by atoms with E-state index in [0.29, 0.717) is 0 Å². The first-order valence-electron chi connectivity index (χ1n) is 5.76. The van der Waals surface area contributed by atoms with Gasteiger partial charge in [0.15, 0.2) is 0 Å². The van der Waals surface area contributed by atoms with Crippen molar-refractivity contribution in [2.24, 2.45) is 5.41 Å². The number of rotatable bonds is 2. The summed E-state index contributed by atoms with van der Waals surface area (Å²) in [6.07, 6.45) is 0. The molecule has 1 rings (SSSR count). The van der Waals surface area contributed by atoms with E-state index in [4.69, 9.17) is 9.47 Å². The van der Waals surface area contributed by atoms with E-state index in [9.17, 15) is 14.4 Å². The number of para-hydroxylation sites is 1. The van der Waals surface area contributed by atoms with E-state index < -0.39 is 23.3 Å². The van der Waals surface area contributed by atoms with Crippen LogP contribution < -0.4 is 4.74 Å². The summed E-state index contributed by atoms with van der Waals surface area (Å²) in [5.74, 6) is -1.96. The van der Waals surface area contributed by atoms with Crippen LogP contribution in [0.1, 0.15) is 38.1 Å². The Kier molecular flexibility index (Phi) is 4.43. The number of hydrogen-bond acceptors (Lipinski definition) is 5. The molecule has 5 heteroatoms. The number of benzene rings is 1. The van der Waals surface area contributed by atoms with Crippen molar-refractivity contribution < 1.29 is 23.9 Å². The maximum absolute atomic E-state index is 11.9. The summed E-state index contributed by atoms with van der Waals surface area (Å²) in [6.45, 7) is 6.14. The van der Waals surface area contributed by atoms with Crippen LogP contribution in [0.2, 0.25) is 0 Å². The molecule has 0 saturated heterocycles. The molecule has 0 atom stereocenters. The molecule has 0 N–H and O–H groups in total. The Morgan fingerprint density at radius 2 is 1.63 bits per heavy atom. The van der Waals surface area contributed by atoms with Crippen molar-refractivity contribution in [2.45, 2.75) is 27.7 Å². The van der Waals surface area contributed by atoms with Crippen LogP contribution >= 0.6 is 0 Å². The molecule has 1 aromatic rings. The van der Waals surface area contributed by atoms with Gasteiger partial charge in [0, 0.05) is 6.92 Å². The summed E-state index contributed by atoms with van der Waals surface area (Å²) in [7, 11) is 0. The van der Waals surface area contributed by atoms with Crippen molar-refractivity contribution in [3.63, 3.8) is 0 Å². The summed E-state index contributed by atoms with van der Waals surface area (Å²) in [4.78, 5) is 34.4. The van der Waals surface area contributed by atoms with Crippen molar-refractivity contribution in [3.05, 3.63) is 29.8 Å². The van der Waals surface area contributed by atoms with Crippen LogP contribution in [0, 0.1) is 5.41 Å². The quantitative estimate of drug-likeness (QED) is 0.466. The molecule has 0 saturated carbocycles. The number of carbonyl (C=O) groups is 3. The zero-order chi connectivity index (χ0) is 14.6. The van der Waals surface area contributed by atoms with Gasteiger partial charge in [-0.1, -0.05) is 12.1 Å². The molecular weight excluding hydrogens is 248 g/mol. The maximum atomic E-state index is 11.9. The van der Waals surface area contributed by atoms with E-state index >= 15 is 0 Å². The molecule has 0 radical (unpaired) electrons. The monoisotopic (exact) mass is 264 g/mol. The zero-order valence-electron chi connectivity index (χ0n) is 11.4. The van der Waals surface area contributed by atoms with Gasteiger partial charge < -0.3 is 9.47 Å². The van der Waals surface area contributed by atoms with Crippen LogP contribution in [0.5, 0.6) is 5.75 Å². The Bertz CT molecular complexity index is 511. The average Bonchev–Trinajstić information content (AvgIpc) is 2.27. The summed E-state index contributed by atoms with van der Waals surface area (Å²) in [5, 5.41) is 0. The molecule has 0 aliphatic rings. The van der Waals surface area contributed by atoms with E-state index in [2.05, 4.69) is 0 Å². The summed E-state index contributed by atoms with van der Waals surface area (Å²) in [6, 6.07) is 6.09. The molecule has 5 nitrogen and oxygen atoms in total. The topological polar surface area (TPSA) is 69.7 Å². The predicted octanol–water partition coefficient (Wildman–Crippen LogP) is 2.34. The zero-order valence-corrected chi connectivity index (χ0v) is 11.4. The SMILES string of the molecule is CC(=O)Oc1ccccc1C(=O)OC(=O)C(C)(C)C. The Hall–Kier alpha value is -2.17. The summed E-state index contributed by atoms with van der Waals surface area (Å²) < 4.78 is 9.64. The van der Waals surface area contributed by atoms with Gasteiger partial charge in [-0.15, -0.1) is 0 Å². The highest BCUT2D eigenvalue weighted by atomic mass is 16.6. The maximum Gasteiger partial charge on any atom is 0.349 e. The third-order valence-electron chi connectivity index (χ3n) is 2.16. The van der Waals surface area contributed by atoms with E-state index in [1.807, 2.05) is 0 Å². The van der Waals surface area contributed by atoms with Crippen LogP contribution in [0.25, 0.3) is 0 Å². The highest BCUT2D eigenvalue weighted by Gasteiger charge is 2.27. The van der Waals surface area contributed by atoms with Crippen molar-refractivity contribution in [1.29, 1.82) is 0 Å². The summed E-state index contributed by atoms with van der Waals surface area (Å²) in [5.41, 5.74) is -0.748. The molecule has 1 aromatic carbocycles. The Morgan fingerprint density at radius 3 is 2.16 bits per heavy atom. The Morgan fingerprint density at radius 1 is 1.05 bits per heavy atom. The molecular formula is C14H16O5. The normalized spacial score (nSPS) is 10.7. The van der Waals surface area contributed by atoms with Gasteiger partial charge in [-0.25, -0.2) is 4.79 Å². The molecule has 102 valence electrons.